The number of hydrogen-bond donors (Lipinski definition) is 2. The Hall–Kier alpha value is -1.59. The molecule has 0 aliphatic carbocycles. The van der Waals surface area contributed by atoms with E-state index in [0.29, 0.717) is 13.2 Å². The number of hydrogen-bond acceptors (Lipinski definition) is 4. The van der Waals surface area contributed by atoms with E-state index in [1.165, 1.54) is 11.3 Å². The molecule has 1 aromatic heterocycles. The van der Waals surface area contributed by atoms with E-state index < -0.39 is 0 Å². The molecule has 2 aromatic rings. The molecule has 102 valence electrons. The van der Waals surface area contributed by atoms with Gasteiger partial charge in [0.05, 0.1) is 6.61 Å². The summed E-state index contributed by atoms with van der Waals surface area (Å²) in [4.78, 5) is 13.8. The Bertz CT molecular complexity index is 577. The van der Waals surface area contributed by atoms with E-state index in [1.807, 2.05) is 30.5 Å². The first-order chi connectivity index (χ1) is 9.20. The van der Waals surface area contributed by atoms with Gasteiger partial charge in [0, 0.05) is 29.2 Å². The molecule has 19 heavy (non-hydrogen) atoms. The summed E-state index contributed by atoms with van der Waals surface area (Å²) in [5.41, 5.74) is 2.04. The van der Waals surface area contributed by atoms with Crippen LogP contribution in [0.25, 0.3) is 0 Å². The van der Waals surface area contributed by atoms with Gasteiger partial charge in [0.2, 0.25) is 0 Å². The van der Waals surface area contributed by atoms with Gasteiger partial charge in [-0.05, 0) is 19.9 Å². The summed E-state index contributed by atoms with van der Waals surface area (Å²) in [5, 5.41) is 5.23. The molecule has 0 amide bonds. The van der Waals surface area contributed by atoms with Gasteiger partial charge in [-0.2, -0.15) is 0 Å². The Morgan fingerprint density at radius 2 is 2.21 bits per heavy atom. The maximum atomic E-state index is 11.1. The van der Waals surface area contributed by atoms with Crippen molar-refractivity contribution >= 4 is 11.3 Å². The summed E-state index contributed by atoms with van der Waals surface area (Å²) in [6.07, 6.45) is 0. The molecule has 1 aromatic carbocycles. The normalized spacial score (nSPS) is 12.3. The van der Waals surface area contributed by atoms with Crippen LogP contribution in [0.3, 0.4) is 0 Å². The van der Waals surface area contributed by atoms with E-state index in [1.54, 1.807) is 0 Å². The lowest BCUT2D eigenvalue weighted by molar-refractivity contribution is 0.332. The molecule has 0 spiro atoms. The van der Waals surface area contributed by atoms with Crippen LogP contribution in [-0.2, 0) is 6.54 Å². The molecule has 0 radical (unpaired) electrons. The summed E-state index contributed by atoms with van der Waals surface area (Å²) in [6.45, 7) is 5.36. The van der Waals surface area contributed by atoms with Gasteiger partial charge in [0.15, 0.2) is 0 Å². The topological polar surface area (TPSA) is 54.1 Å². The summed E-state index contributed by atoms with van der Waals surface area (Å²) < 4.78 is 5.62. The quantitative estimate of drug-likeness (QED) is 0.854. The van der Waals surface area contributed by atoms with Crippen molar-refractivity contribution in [2.24, 2.45) is 0 Å². The Labute approximate surface area is 116 Å². The minimum absolute atomic E-state index is 0.0147. The molecule has 1 unspecified atom stereocenters. The van der Waals surface area contributed by atoms with Gasteiger partial charge < -0.3 is 15.0 Å². The van der Waals surface area contributed by atoms with E-state index in [2.05, 4.69) is 23.3 Å². The van der Waals surface area contributed by atoms with E-state index >= 15 is 0 Å². The average molecular weight is 278 g/mol. The lowest BCUT2D eigenvalue weighted by Crippen LogP contribution is -2.19. The third-order valence-electron chi connectivity index (χ3n) is 2.85. The highest BCUT2D eigenvalue weighted by molar-refractivity contribution is 7.07. The summed E-state index contributed by atoms with van der Waals surface area (Å²) in [6, 6.07) is 8.16. The van der Waals surface area contributed by atoms with Crippen molar-refractivity contribution in [3.05, 3.63) is 50.6 Å². The number of benzene rings is 1. The van der Waals surface area contributed by atoms with Crippen molar-refractivity contribution in [1.82, 2.24) is 10.3 Å². The number of thiazole rings is 1. The zero-order valence-corrected chi connectivity index (χ0v) is 11.9. The Kier molecular flexibility index (Phi) is 4.76. The van der Waals surface area contributed by atoms with Crippen LogP contribution in [0, 0.1) is 0 Å². The van der Waals surface area contributed by atoms with E-state index in [4.69, 9.17) is 4.74 Å². The molecule has 2 N–H and O–H groups in total. The highest BCUT2D eigenvalue weighted by Gasteiger charge is 2.10. The second-order valence-corrected chi connectivity index (χ2v) is 5.09. The molecule has 1 heterocycles. The Morgan fingerprint density at radius 3 is 2.89 bits per heavy atom. The van der Waals surface area contributed by atoms with Crippen molar-refractivity contribution in [2.75, 3.05) is 6.61 Å². The van der Waals surface area contributed by atoms with Gasteiger partial charge in [-0.25, -0.2) is 0 Å². The number of H-pyrrole nitrogens is 1. The lowest BCUT2D eigenvalue weighted by Gasteiger charge is -2.17. The van der Waals surface area contributed by atoms with Crippen LogP contribution in [0.4, 0.5) is 0 Å². The first-order valence-electron chi connectivity index (χ1n) is 6.32. The van der Waals surface area contributed by atoms with Gasteiger partial charge in [-0.15, -0.1) is 0 Å². The largest absolute Gasteiger partial charge is 0.494 e. The molecule has 1 atom stereocenters. The van der Waals surface area contributed by atoms with Crippen molar-refractivity contribution in [3.63, 3.8) is 0 Å². The molecule has 5 heteroatoms. The molecule has 0 aliphatic rings. The summed E-state index contributed by atoms with van der Waals surface area (Å²) in [5.74, 6) is 0.906. The number of rotatable bonds is 6. The minimum atomic E-state index is -0.0147. The zero-order chi connectivity index (χ0) is 13.7. The second kappa shape index (κ2) is 6.54. The molecular formula is C14H18N2O2S. The van der Waals surface area contributed by atoms with Crippen molar-refractivity contribution in [2.45, 2.75) is 26.4 Å². The van der Waals surface area contributed by atoms with Gasteiger partial charge in [-0.1, -0.05) is 29.5 Å². The first-order valence-corrected chi connectivity index (χ1v) is 7.20. The predicted molar refractivity (Wildman–Crippen MR) is 77.8 cm³/mol. The molecule has 0 fully saturated rings. The van der Waals surface area contributed by atoms with E-state index in [0.717, 1.165) is 17.0 Å². The van der Waals surface area contributed by atoms with Crippen molar-refractivity contribution < 1.29 is 4.74 Å². The van der Waals surface area contributed by atoms with Crippen LogP contribution in [0.1, 0.15) is 31.1 Å². The van der Waals surface area contributed by atoms with Crippen molar-refractivity contribution in [1.29, 1.82) is 0 Å². The molecule has 0 aliphatic heterocycles. The smallest absolute Gasteiger partial charge is 0.304 e. The fourth-order valence-corrected chi connectivity index (χ4v) is 2.48. The van der Waals surface area contributed by atoms with Crippen LogP contribution >= 0.6 is 11.3 Å². The fraction of sp³-hybridized carbons (Fsp3) is 0.357. The number of para-hydroxylation sites is 1. The van der Waals surface area contributed by atoms with Gasteiger partial charge in [-0.3, -0.25) is 4.79 Å². The highest BCUT2D eigenvalue weighted by atomic mass is 32.1. The van der Waals surface area contributed by atoms with Crippen LogP contribution in [0.5, 0.6) is 5.75 Å². The number of aromatic nitrogens is 1. The molecule has 0 saturated heterocycles. The highest BCUT2D eigenvalue weighted by Crippen LogP contribution is 2.24. The summed E-state index contributed by atoms with van der Waals surface area (Å²) >= 11 is 1.19. The van der Waals surface area contributed by atoms with Crippen molar-refractivity contribution in [3.8, 4) is 5.75 Å². The number of ether oxygens (including phenoxy) is 1. The van der Waals surface area contributed by atoms with E-state index in [9.17, 15) is 4.79 Å². The molecular weight excluding hydrogens is 260 g/mol. The fourth-order valence-electron chi connectivity index (χ4n) is 1.90. The Morgan fingerprint density at radius 1 is 1.42 bits per heavy atom. The van der Waals surface area contributed by atoms with Crippen LogP contribution in [-0.4, -0.2) is 11.6 Å². The first kappa shape index (κ1) is 13.8. The molecule has 0 bridgehead atoms. The predicted octanol–water partition coefficient (Wildman–Crippen LogP) is 2.69. The average Bonchev–Trinajstić information content (AvgIpc) is 2.83. The number of aromatic amines is 1. The maximum absolute atomic E-state index is 11.1. The number of nitrogens with one attached hydrogen (secondary N) is 2. The summed E-state index contributed by atoms with van der Waals surface area (Å²) in [7, 11) is 0. The monoisotopic (exact) mass is 278 g/mol. The molecule has 4 nitrogen and oxygen atoms in total. The third-order valence-corrected chi connectivity index (χ3v) is 3.57. The van der Waals surface area contributed by atoms with Gasteiger partial charge in [0.1, 0.15) is 5.75 Å². The molecule has 2 rings (SSSR count). The van der Waals surface area contributed by atoms with Gasteiger partial charge >= 0.3 is 4.87 Å². The van der Waals surface area contributed by atoms with E-state index in [-0.39, 0.29) is 10.9 Å². The minimum Gasteiger partial charge on any atom is -0.494 e. The standard InChI is InChI=1S/C14H18N2O2S/c1-3-18-13-7-5-4-6-12(13)10(2)15-8-11-9-19-14(17)16-11/h4-7,9-10,15H,3,8H2,1-2H3,(H,16,17). The zero-order valence-electron chi connectivity index (χ0n) is 11.1. The maximum Gasteiger partial charge on any atom is 0.304 e. The molecule has 0 saturated carbocycles. The Balaban J connectivity index is 2.03. The van der Waals surface area contributed by atoms with Crippen LogP contribution in [0.2, 0.25) is 0 Å². The van der Waals surface area contributed by atoms with Gasteiger partial charge in [0.25, 0.3) is 0 Å². The lowest BCUT2D eigenvalue weighted by atomic mass is 10.1. The second-order valence-electron chi connectivity index (χ2n) is 4.25. The SMILES string of the molecule is CCOc1ccccc1C(C)NCc1csc(=O)[nH]1. The van der Waals surface area contributed by atoms with Crippen LogP contribution in [0.15, 0.2) is 34.4 Å². The third kappa shape index (κ3) is 3.68. The van der Waals surface area contributed by atoms with Crippen LogP contribution < -0.4 is 14.9 Å².